The van der Waals surface area contributed by atoms with Crippen LogP contribution in [0.2, 0.25) is 5.02 Å². The molecule has 4 rings (SSSR count). The molecule has 3 aromatic rings. The molecule has 25 heavy (non-hydrogen) atoms. The maximum absolute atomic E-state index is 6.02. The van der Waals surface area contributed by atoms with E-state index in [9.17, 15) is 0 Å². The lowest BCUT2D eigenvalue weighted by atomic mass is 10.1. The topological polar surface area (TPSA) is 43.7 Å². The van der Waals surface area contributed by atoms with Gasteiger partial charge in [0.2, 0.25) is 11.8 Å². The highest BCUT2D eigenvalue weighted by Gasteiger charge is 2.24. The number of aromatic nitrogens is 1. The molecule has 2 aromatic carbocycles. The molecule has 0 aliphatic carbocycles. The number of hydrogen-bond donors (Lipinski definition) is 0. The van der Waals surface area contributed by atoms with Gasteiger partial charge in [0.05, 0.1) is 5.56 Å². The van der Waals surface area contributed by atoms with E-state index in [1.54, 1.807) is 18.3 Å². The van der Waals surface area contributed by atoms with Crippen molar-refractivity contribution in [2.45, 2.75) is 6.04 Å². The first-order valence-corrected chi connectivity index (χ1v) is 8.32. The third-order valence-corrected chi connectivity index (χ3v) is 4.08. The number of benzene rings is 2. The molecule has 1 unspecified atom stereocenters. The van der Waals surface area contributed by atoms with Crippen LogP contribution in [-0.4, -0.2) is 17.5 Å². The van der Waals surface area contributed by atoms with Crippen LogP contribution >= 0.6 is 11.6 Å². The van der Waals surface area contributed by atoms with E-state index in [1.807, 2.05) is 54.6 Å². The van der Waals surface area contributed by atoms with Gasteiger partial charge >= 0.3 is 0 Å². The molecule has 0 saturated heterocycles. The number of rotatable bonds is 4. The highest BCUT2D eigenvalue weighted by molar-refractivity contribution is 6.30. The highest BCUT2D eigenvalue weighted by atomic mass is 35.5. The molecular formula is C20H15ClN2O2. The van der Waals surface area contributed by atoms with Crippen LogP contribution in [0.5, 0.6) is 11.6 Å². The summed E-state index contributed by atoms with van der Waals surface area (Å²) in [5, 5.41) is 0.605. The SMILES string of the molecule is Clc1cccc(Oc2ncccc2C2=NC(c3ccccc3)CO2)c1. The fourth-order valence-electron chi connectivity index (χ4n) is 2.64. The Bertz CT molecular complexity index is 912. The molecular weight excluding hydrogens is 336 g/mol. The zero-order valence-electron chi connectivity index (χ0n) is 13.3. The van der Waals surface area contributed by atoms with Crippen LogP contribution in [0.3, 0.4) is 0 Å². The van der Waals surface area contributed by atoms with Crippen molar-refractivity contribution >= 4 is 17.5 Å². The molecule has 1 atom stereocenters. The van der Waals surface area contributed by atoms with Gasteiger partial charge in [-0.1, -0.05) is 48.0 Å². The average Bonchev–Trinajstić information content (AvgIpc) is 3.13. The second kappa shape index (κ2) is 6.95. The smallest absolute Gasteiger partial charge is 0.231 e. The van der Waals surface area contributed by atoms with Crippen molar-refractivity contribution < 1.29 is 9.47 Å². The normalized spacial score (nSPS) is 16.2. The molecule has 0 spiro atoms. The Morgan fingerprint density at radius 1 is 1.00 bits per heavy atom. The summed E-state index contributed by atoms with van der Waals surface area (Å²) < 4.78 is 11.7. The lowest BCUT2D eigenvalue weighted by molar-refractivity contribution is 0.318. The summed E-state index contributed by atoms with van der Waals surface area (Å²) >= 11 is 6.02. The molecule has 0 amide bonds. The van der Waals surface area contributed by atoms with Gasteiger partial charge in [-0.25, -0.2) is 9.98 Å². The monoisotopic (exact) mass is 350 g/mol. The molecule has 0 fully saturated rings. The van der Waals surface area contributed by atoms with E-state index >= 15 is 0 Å². The maximum atomic E-state index is 6.02. The Morgan fingerprint density at radius 3 is 2.72 bits per heavy atom. The van der Waals surface area contributed by atoms with Crippen molar-refractivity contribution in [3.63, 3.8) is 0 Å². The number of pyridine rings is 1. The Morgan fingerprint density at radius 2 is 1.88 bits per heavy atom. The van der Waals surface area contributed by atoms with E-state index < -0.39 is 0 Å². The third-order valence-electron chi connectivity index (χ3n) is 3.85. The molecule has 124 valence electrons. The van der Waals surface area contributed by atoms with Crippen LogP contribution in [-0.2, 0) is 4.74 Å². The molecule has 0 radical (unpaired) electrons. The number of halogens is 1. The number of aliphatic imine (C=N–C) groups is 1. The predicted octanol–water partition coefficient (Wildman–Crippen LogP) is 5.05. The molecule has 1 aliphatic rings. The summed E-state index contributed by atoms with van der Waals surface area (Å²) in [5.74, 6) is 1.60. The molecule has 1 aromatic heterocycles. The summed E-state index contributed by atoms with van der Waals surface area (Å²) in [6.07, 6.45) is 1.67. The average molecular weight is 351 g/mol. The first-order valence-electron chi connectivity index (χ1n) is 7.94. The van der Waals surface area contributed by atoms with Gasteiger partial charge in [0.25, 0.3) is 0 Å². The Labute approximate surface area is 150 Å². The van der Waals surface area contributed by atoms with Crippen LogP contribution in [0.4, 0.5) is 0 Å². The minimum absolute atomic E-state index is 0.0181. The zero-order chi connectivity index (χ0) is 17.1. The number of ether oxygens (including phenoxy) is 2. The van der Waals surface area contributed by atoms with Gasteiger partial charge in [-0.05, 0) is 35.9 Å². The Kier molecular flexibility index (Phi) is 4.36. The lowest BCUT2D eigenvalue weighted by Gasteiger charge is -2.09. The maximum Gasteiger partial charge on any atom is 0.231 e. The minimum atomic E-state index is -0.0181. The second-order valence-electron chi connectivity index (χ2n) is 5.59. The van der Waals surface area contributed by atoms with E-state index in [2.05, 4.69) is 4.98 Å². The minimum Gasteiger partial charge on any atom is -0.475 e. The van der Waals surface area contributed by atoms with E-state index in [4.69, 9.17) is 26.1 Å². The van der Waals surface area contributed by atoms with Crippen molar-refractivity contribution in [1.29, 1.82) is 0 Å². The van der Waals surface area contributed by atoms with Crippen LogP contribution < -0.4 is 4.74 Å². The predicted molar refractivity (Wildman–Crippen MR) is 97.4 cm³/mol. The summed E-state index contributed by atoms with van der Waals surface area (Å²) in [6, 6.07) is 21.0. The van der Waals surface area contributed by atoms with Crippen molar-refractivity contribution in [3.05, 3.63) is 89.1 Å². The fraction of sp³-hybridized carbons (Fsp3) is 0.100. The standard InChI is InChI=1S/C20H15ClN2O2/c21-15-8-4-9-16(12-15)25-19-17(10-5-11-22-19)20-23-18(13-24-20)14-6-2-1-3-7-14/h1-12,18H,13H2. The van der Waals surface area contributed by atoms with E-state index in [-0.39, 0.29) is 6.04 Å². The van der Waals surface area contributed by atoms with Gasteiger partial charge in [0, 0.05) is 11.2 Å². The van der Waals surface area contributed by atoms with E-state index in [0.29, 0.717) is 29.2 Å². The third kappa shape index (κ3) is 3.49. The molecule has 0 N–H and O–H groups in total. The highest BCUT2D eigenvalue weighted by Crippen LogP contribution is 2.30. The van der Waals surface area contributed by atoms with Gasteiger partial charge in [-0.3, -0.25) is 0 Å². The van der Waals surface area contributed by atoms with Crippen molar-refractivity contribution in [3.8, 4) is 11.6 Å². The first-order chi connectivity index (χ1) is 12.3. The van der Waals surface area contributed by atoms with Gasteiger partial charge in [-0.15, -0.1) is 0 Å². The van der Waals surface area contributed by atoms with Crippen LogP contribution in [0.25, 0.3) is 0 Å². The van der Waals surface area contributed by atoms with E-state index in [0.717, 1.165) is 11.1 Å². The number of hydrogen-bond acceptors (Lipinski definition) is 4. The molecule has 1 aliphatic heterocycles. The largest absolute Gasteiger partial charge is 0.475 e. The second-order valence-corrected chi connectivity index (χ2v) is 6.02. The summed E-state index contributed by atoms with van der Waals surface area (Å²) in [4.78, 5) is 9.02. The van der Waals surface area contributed by atoms with Crippen LogP contribution in [0, 0.1) is 0 Å². The molecule has 4 nitrogen and oxygen atoms in total. The Hall–Kier alpha value is -2.85. The molecule has 0 bridgehead atoms. The van der Waals surface area contributed by atoms with Crippen LogP contribution in [0.1, 0.15) is 17.2 Å². The number of nitrogens with zero attached hydrogens (tertiary/aromatic N) is 2. The van der Waals surface area contributed by atoms with Crippen molar-refractivity contribution in [2.24, 2.45) is 4.99 Å². The van der Waals surface area contributed by atoms with E-state index in [1.165, 1.54) is 0 Å². The molecule has 2 heterocycles. The van der Waals surface area contributed by atoms with Crippen molar-refractivity contribution in [1.82, 2.24) is 4.98 Å². The fourth-order valence-corrected chi connectivity index (χ4v) is 2.82. The summed E-state index contributed by atoms with van der Waals surface area (Å²) in [5.41, 5.74) is 1.85. The Balaban J connectivity index is 1.63. The van der Waals surface area contributed by atoms with Crippen LogP contribution in [0.15, 0.2) is 77.9 Å². The zero-order valence-corrected chi connectivity index (χ0v) is 14.1. The van der Waals surface area contributed by atoms with Gasteiger partial charge in [0.15, 0.2) is 0 Å². The van der Waals surface area contributed by atoms with Gasteiger partial charge < -0.3 is 9.47 Å². The summed E-state index contributed by atoms with van der Waals surface area (Å²) in [6.45, 7) is 0.505. The quantitative estimate of drug-likeness (QED) is 0.661. The van der Waals surface area contributed by atoms with Gasteiger partial charge in [0.1, 0.15) is 18.4 Å². The first kappa shape index (κ1) is 15.7. The molecule has 0 saturated carbocycles. The molecule has 5 heteroatoms. The van der Waals surface area contributed by atoms with Gasteiger partial charge in [-0.2, -0.15) is 0 Å². The van der Waals surface area contributed by atoms with Crippen molar-refractivity contribution in [2.75, 3.05) is 6.61 Å². The lowest BCUT2D eigenvalue weighted by Crippen LogP contribution is -2.04. The summed E-state index contributed by atoms with van der Waals surface area (Å²) in [7, 11) is 0.